The fourth-order valence-electron chi connectivity index (χ4n) is 3.90. The fraction of sp³-hybridized carbons (Fsp3) is 0.333. The molecule has 6 nitrogen and oxygen atoms in total. The molecule has 0 radical (unpaired) electrons. The van der Waals surface area contributed by atoms with Crippen molar-refractivity contribution in [2.75, 3.05) is 33.4 Å². The SMILES string of the molecule is COc1ccc(Br)cc1C=CC(=O)N1CCC(C(=O)c2ccc3c(c2)OCCO3)CC1. The molecule has 1 saturated heterocycles. The molecule has 0 N–H and O–H groups in total. The third-order valence-corrected chi connectivity index (χ3v) is 6.09. The normalized spacial score (nSPS) is 16.4. The Hall–Kier alpha value is -2.80. The van der Waals surface area contributed by atoms with Crippen LogP contribution in [-0.4, -0.2) is 50.0 Å². The van der Waals surface area contributed by atoms with Gasteiger partial charge in [0.1, 0.15) is 19.0 Å². The largest absolute Gasteiger partial charge is 0.496 e. The highest BCUT2D eigenvalue weighted by Crippen LogP contribution is 2.32. The molecule has 0 saturated carbocycles. The average Bonchev–Trinajstić information content (AvgIpc) is 2.82. The van der Waals surface area contributed by atoms with E-state index in [0.29, 0.717) is 62.0 Å². The summed E-state index contributed by atoms with van der Waals surface area (Å²) in [5, 5.41) is 0. The van der Waals surface area contributed by atoms with Crippen molar-refractivity contribution in [3.8, 4) is 17.2 Å². The van der Waals surface area contributed by atoms with Crippen LogP contribution in [0.2, 0.25) is 0 Å². The van der Waals surface area contributed by atoms with Crippen LogP contribution in [0.15, 0.2) is 46.9 Å². The minimum absolute atomic E-state index is 0.0627. The summed E-state index contributed by atoms with van der Waals surface area (Å²) in [6.07, 6.45) is 4.62. The van der Waals surface area contributed by atoms with Crippen LogP contribution in [0, 0.1) is 5.92 Å². The Morgan fingerprint density at radius 3 is 2.55 bits per heavy atom. The number of likely N-dealkylation sites (tertiary alicyclic amines) is 1. The van der Waals surface area contributed by atoms with E-state index in [1.807, 2.05) is 18.2 Å². The minimum atomic E-state index is -0.0965. The van der Waals surface area contributed by atoms with Crippen molar-refractivity contribution in [2.24, 2.45) is 5.92 Å². The zero-order valence-corrected chi connectivity index (χ0v) is 18.9. The number of piperidine rings is 1. The lowest BCUT2D eigenvalue weighted by Crippen LogP contribution is -2.39. The molecule has 2 aliphatic heterocycles. The maximum absolute atomic E-state index is 12.9. The van der Waals surface area contributed by atoms with E-state index in [1.165, 1.54) is 0 Å². The van der Waals surface area contributed by atoms with E-state index in [9.17, 15) is 9.59 Å². The van der Waals surface area contributed by atoms with E-state index < -0.39 is 0 Å². The lowest BCUT2D eigenvalue weighted by Gasteiger charge is -2.30. The molecule has 31 heavy (non-hydrogen) atoms. The Morgan fingerprint density at radius 1 is 1.06 bits per heavy atom. The van der Waals surface area contributed by atoms with Gasteiger partial charge < -0.3 is 19.1 Å². The molecule has 2 aliphatic rings. The molecule has 0 spiro atoms. The molecular formula is C24H24BrNO5. The third-order valence-electron chi connectivity index (χ3n) is 5.60. The lowest BCUT2D eigenvalue weighted by molar-refractivity contribution is -0.127. The predicted octanol–water partition coefficient (Wildman–Crippen LogP) is 4.36. The Labute approximate surface area is 189 Å². The van der Waals surface area contributed by atoms with E-state index in [-0.39, 0.29) is 17.6 Å². The Bertz CT molecular complexity index is 1010. The van der Waals surface area contributed by atoms with Crippen LogP contribution in [0.5, 0.6) is 17.2 Å². The first-order valence-electron chi connectivity index (χ1n) is 10.3. The van der Waals surface area contributed by atoms with Gasteiger partial charge in [0.15, 0.2) is 17.3 Å². The Kier molecular flexibility index (Phi) is 6.61. The minimum Gasteiger partial charge on any atom is -0.496 e. The molecule has 2 aromatic carbocycles. The van der Waals surface area contributed by atoms with E-state index in [4.69, 9.17) is 14.2 Å². The van der Waals surface area contributed by atoms with Crippen LogP contribution in [0.3, 0.4) is 0 Å². The summed E-state index contributed by atoms with van der Waals surface area (Å²) in [4.78, 5) is 27.4. The molecule has 0 bridgehead atoms. The van der Waals surface area contributed by atoms with E-state index in [2.05, 4.69) is 15.9 Å². The zero-order valence-electron chi connectivity index (χ0n) is 17.3. The molecule has 1 amide bonds. The maximum atomic E-state index is 12.9. The summed E-state index contributed by atoms with van der Waals surface area (Å²) in [6, 6.07) is 11.0. The average molecular weight is 486 g/mol. The first-order chi connectivity index (χ1) is 15.0. The van der Waals surface area contributed by atoms with Crippen LogP contribution in [0.1, 0.15) is 28.8 Å². The summed E-state index contributed by atoms with van der Waals surface area (Å²) in [6.45, 7) is 2.12. The van der Waals surface area contributed by atoms with Crippen LogP contribution in [0.25, 0.3) is 6.08 Å². The van der Waals surface area contributed by atoms with Gasteiger partial charge in [0.2, 0.25) is 5.91 Å². The number of hydrogen-bond acceptors (Lipinski definition) is 5. The zero-order chi connectivity index (χ0) is 21.8. The number of methoxy groups -OCH3 is 1. The molecule has 4 rings (SSSR count). The highest BCUT2D eigenvalue weighted by molar-refractivity contribution is 9.10. The monoisotopic (exact) mass is 485 g/mol. The first-order valence-corrected chi connectivity index (χ1v) is 11.1. The summed E-state index contributed by atoms with van der Waals surface area (Å²) < 4.78 is 17.4. The number of amides is 1. The number of carbonyl (C=O) groups excluding carboxylic acids is 2. The van der Waals surface area contributed by atoms with Crippen LogP contribution in [0.4, 0.5) is 0 Å². The number of hydrogen-bond donors (Lipinski definition) is 0. The molecule has 0 aliphatic carbocycles. The molecule has 2 heterocycles. The molecule has 0 unspecified atom stereocenters. The maximum Gasteiger partial charge on any atom is 0.246 e. The number of fused-ring (bicyclic) bond motifs is 1. The summed E-state index contributed by atoms with van der Waals surface area (Å²) in [5.74, 6) is 1.94. The van der Waals surface area contributed by atoms with Crippen molar-refractivity contribution >= 4 is 33.7 Å². The van der Waals surface area contributed by atoms with Gasteiger partial charge in [-0.15, -0.1) is 0 Å². The van der Waals surface area contributed by atoms with Gasteiger partial charge in [0.25, 0.3) is 0 Å². The van der Waals surface area contributed by atoms with Crippen LogP contribution >= 0.6 is 15.9 Å². The van der Waals surface area contributed by atoms with Gasteiger partial charge in [0.05, 0.1) is 7.11 Å². The molecule has 0 atom stereocenters. The lowest BCUT2D eigenvalue weighted by atomic mass is 9.88. The number of rotatable bonds is 5. The first kappa shape index (κ1) is 21.4. The van der Waals surface area contributed by atoms with Gasteiger partial charge in [0, 0.05) is 40.7 Å². The number of carbonyl (C=O) groups is 2. The molecule has 2 aromatic rings. The standard InChI is InChI=1S/C24H24BrNO5/c1-29-20-6-4-19(25)14-17(20)3-7-23(27)26-10-8-16(9-11-26)24(28)18-2-5-21-22(15-18)31-13-12-30-21/h2-7,14-16H,8-13H2,1H3. The van der Waals surface area contributed by atoms with Crippen molar-refractivity contribution in [3.05, 3.63) is 58.1 Å². The summed E-state index contributed by atoms with van der Waals surface area (Å²) in [5.41, 5.74) is 1.46. The van der Waals surface area contributed by atoms with E-state index >= 15 is 0 Å². The topological polar surface area (TPSA) is 65.1 Å². The number of benzene rings is 2. The van der Waals surface area contributed by atoms with Gasteiger partial charge in [-0.2, -0.15) is 0 Å². The molecular weight excluding hydrogens is 462 g/mol. The van der Waals surface area contributed by atoms with Crippen molar-refractivity contribution in [2.45, 2.75) is 12.8 Å². The number of Topliss-reactive ketones (excluding diaryl/α,β-unsaturated/α-hetero) is 1. The second kappa shape index (κ2) is 9.56. The number of ketones is 1. The van der Waals surface area contributed by atoms with Gasteiger partial charge in [-0.1, -0.05) is 15.9 Å². The van der Waals surface area contributed by atoms with Gasteiger partial charge >= 0.3 is 0 Å². The molecule has 162 valence electrons. The Balaban J connectivity index is 1.35. The van der Waals surface area contributed by atoms with Crippen molar-refractivity contribution < 1.29 is 23.8 Å². The Morgan fingerprint density at radius 2 is 1.81 bits per heavy atom. The van der Waals surface area contributed by atoms with Crippen molar-refractivity contribution in [1.29, 1.82) is 0 Å². The van der Waals surface area contributed by atoms with Crippen molar-refractivity contribution in [1.82, 2.24) is 4.90 Å². The highest BCUT2D eigenvalue weighted by atomic mass is 79.9. The molecule has 7 heteroatoms. The molecule has 1 fully saturated rings. The van der Waals surface area contributed by atoms with Gasteiger partial charge in [-0.25, -0.2) is 0 Å². The third kappa shape index (κ3) is 4.93. The predicted molar refractivity (Wildman–Crippen MR) is 121 cm³/mol. The quantitative estimate of drug-likeness (QED) is 0.464. The number of ether oxygens (including phenoxy) is 3. The summed E-state index contributed by atoms with van der Waals surface area (Å²) in [7, 11) is 1.60. The van der Waals surface area contributed by atoms with Gasteiger partial charge in [-0.05, 0) is 55.3 Å². The van der Waals surface area contributed by atoms with E-state index in [0.717, 1.165) is 10.0 Å². The fourth-order valence-corrected chi connectivity index (χ4v) is 4.28. The molecule has 0 aromatic heterocycles. The number of nitrogens with zero attached hydrogens (tertiary/aromatic N) is 1. The number of halogens is 1. The van der Waals surface area contributed by atoms with Crippen molar-refractivity contribution in [3.63, 3.8) is 0 Å². The van der Waals surface area contributed by atoms with E-state index in [1.54, 1.807) is 42.4 Å². The highest BCUT2D eigenvalue weighted by Gasteiger charge is 2.28. The smallest absolute Gasteiger partial charge is 0.246 e. The van der Waals surface area contributed by atoms with Gasteiger partial charge in [-0.3, -0.25) is 9.59 Å². The second-order valence-corrected chi connectivity index (χ2v) is 8.46. The summed E-state index contributed by atoms with van der Waals surface area (Å²) >= 11 is 3.44. The van der Waals surface area contributed by atoms with Crippen LogP contribution in [-0.2, 0) is 4.79 Å². The van der Waals surface area contributed by atoms with Crippen LogP contribution < -0.4 is 14.2 Å². The second-order valence-electron chi connectivity index (χ2n) is 7.54.